The van der Waals surface area contributed by atoms with Gasteiger partial charge in [0.25, 0.3) is 0 Å². The van der Waals surface area contributed by atoms with Crippen molar-refractivity contribution in [3.8, 4) is 5.75 Å². The summed E-state index contributed by atoms with van der Waals surface area (Å²) in [5.41, 5.74) is 0.974. The Hall–Kier alpha value is -1.59. The summed E-state index contributed by atoms with van der Waals surface area (Å²) in [4.78, 5) is 0. The van der Waals surface area contributed by atoms with E-state index in [1.54, 1.807) is 6.33 Å². The summed E-state index contributed by atoms with van der Waals surface area (Å²) < 4.78 is 7.69. The summed E-state index contributed by atoms with van der Waals surface area (Å²) in [6.07, 6.45) is 1.65. The van der Waals surface area contributed by atoms with Crippen molar-refractivity contribution in [2.24, 2.45) is 13.0 Å². The fraction of sp³-hybridized carbons (Fsp3) is 0.467. The van der Waals surface area contributed by atoms with Crippen LogP contribution in [0.2, 0.25) is 5.02 Å². The average molecular weight is 309 g/mol. The zero-order valence-corrected chi connectivity index (χ0v) is 13.4. The van der Waals surface area contributed by atoms with E-state index < -0.39 is 0 Å². The number of hydrogen-bond acceptors (Lipinski definition) is 4. The lowest BCUT2D eigenvalue weighted by molar-refractivity contribution is 0.287. The first kappa shape index (κ1) is 15.8. The molecule has 0 amide bonds. The predicted molar refractivity (Wildman–Crippen MR) is 83.3 cm³/mol. The molecule has 1 aromatic heterocycles. The first-order valence-corrected chi connectivity index (χ1v) is 7.39. The van der Waals surface area contributed by atoms with Crippen molar-refractivity contribution in [3.63, 3.8) is 0 Å². The Morgan fingerprint density at radius 2 is 2.19 bits per heavy atom. The molecule has 0 fully saturated rings. The van der Waals surface area contributed by atoms with Crippen LogP contribution in [-0.4, -0.2) is 21.3 Å². The molecule has 5 nitrogen and oxygen atoms in total. The van der Waals surface area contributed by atoms with Crippen LogP contribution >= 0.6 is 11.6 Å². The Morgan fingerprint density at radius 1 is 1.38 bits per heavy atom. The first-order chi connectivity index (χ1) is 10.1. The maximum atomic E-state index is 6.28. The van der Waals surface area contributed by atoms with Gasteiger partial charge >= 0.3 is 0 Å². The summed E-state index contributed by atoms with van der Waals surface area (Å²) in [5, 5.41) is 11.9. The van der Waals surface area contributed by atoms with Gasteiger partial charge in [0.2, 0.25) is 0 Å². The van der Waals surface area contributed by atoms with Gasteiger partial charge in [0, 0.05) is 24.2 Å². The number of aryl methyl sites for hydroxylation is 1. The van der Waals surface area contributed by atoms with Crippen LogP contribution in [0.4, 0.5) is 0 Å². The highest BCUT2D eigenvalue weighted by atomic mass is 35.5. The molecule has 0 aliphatic rings. The zero-order valence-electron chi connectivity index (χ0n) is 12.6. The van der Waals surface area contributed by atoms with Crippen molar-refractivity contribution in [3.05, 3.63) is 40.9 Å². The summed E-state index contributed by atoms with van der Waals surface area (Å²) in [7, 11) is 1.89. The molecule has 0 aliphatic carbocycles. The zero-order chi connectivity index (χ0) is 15.2. The van der Waals surface area contributed by atoms with Crippen molar-refractivity contribution in [1.82, 2.24) is 20.1 Å². The minimum Gasteiger partial charge on any atom is -0.485 e. The van der Waals surface area contributed by atoms with E-state index >= 15 is 0 Å². The lowest BCUT2D eigenvalue weighted by Crippen LogP contribution is -2.19. The molecule has 0 unspecified atom stereocenters. The van der Waals surface area contributed by atoms with Gasteiger partial charge in [-0.1, -0.05) is 31.5 Å². The Labute approximate surface area is 130 Å². The van der Waals surface area contributed by atoms with Crippen molar-refractivity contribution in [1.29, 1.82) is 0 Å². The monoisotopic (exact) mass is 308 g/mol. The van der Waals surface area contributed by atoms with Gasteiger partial charge in [-0.15, -0.1) is 10.2 Å². The number of aromatic nitrogens is 3. The number of nitrogens with zero attached hydrogens (tertiary/aromatic N) is 3. The van der Waals surface area contributed by atoms with E-state index in [1.807, 2.05) is 29.8 Å². The average Bonchev–Trinajstić information content (AvgIpc) is 2.84. The van der Waals surface area contributed by atoms with Crippen LogP contribution in [0.1, 0.15) is 25.2 Å². The van der Waals surface area contributed by atoms with E-state index in [0.717, 1.165) is 23.7 Å². The van der Waals surface area contributed by atoms with Crippen LogP contribution in [-0.2, 0) is 20.2 Å². The van der Waals surface area contributed by atoms with E-state index in [1.165, 1.54) is 0 Å². The molecule has 114 valence electrons. The second kappa shape index (κ2) is 7.43. The van der Waals surface area contributed by atoms with Gasteiger partial charge < -0.3 is 14.6 Å². The molecule has 1 N–H and O–H groups in total. The first-order valence-electron chi connectivity index (χ1n) is 7.01. The lowest BCUT2D eigenvalue weighted by atomic mass is 10.1. The molecule has 0 saturated heterocycles. The summed E-state index contributed by atoms with van der Waals surface area (Å²) in [6, 6.07) is 5.69. The third-order valence-corrected chi connectivity index (χ3v) is 3.45. The van der Waals surface area contributed by atoms with Crippen LogP contribution in [0.15, 0.2) is 24.5 Å². The Balaban J connectivity index is 2.04. The van der Waals surface area contributed by atoms with Crippen LogP contribution in [0, 0.1) is 5.92 Å². The number of nitrogens with one attached hydrogen (secondary N) is 1. The molecular weight excluding hydrogens is 288 g/mol. The SMILES string of the molecule is CC(C)CNCc1c(Cl)cccc1OCc1nncn1C. The highest BCUT2D eigenvalue weighted by Crippen LogP contribution is 2.27. The van der Waals surface area contributed by atoms with Crippen molar-refractivity contribution in [2.75, 3.05) is 6.54 Å². The normalized spacial score (nSPS) is 11.1. The molecule has 21 heavy (non-hydrogen) atoms. The fourth-order valence-electron chi connectivity index (χ4n) is 1.91. The largest absolute Gasteiger partial charge is 0.485 e. The van der Waals surface area contributed by atoms with Crippen LogP contribution < -0.4 is 10.1 Å². The van der Waals surface area contributed by atoms with Crippen LogP contribution in [0.25, 0.3) is 0 Å². The highest BCUT2D eigenvalue weighted by Gasteiger charge is 2.10. The second-order valence-corrected chi connectivity index (χ2v) is 5.80. The third-order valence-electron chi connectivity index (χ3n) is 3.09. The van der Waals surface area contributed by atoms with Crippen LogP contribution in [0.3, 0.4) is 0 Å². The van der Waals surface area contributed by atoms with E-state index in [4.69, 9.17) is 16.3 Å². The molecule has 2 rings (SSSR count). The van der Waals surface area contributed by atoms with E-state index in [9.17, 15) is 0 Å². The van der Waals surface area contributed by atoms with E-state index in [2.05, 4.69) is 29.4 Å². The number of benzene rings is 1. The standard InChI is InChI=1S/C15H21ClN4O/c1-11(2)7-17-8-12-13(16)5-4-6-14(12)21-9-15-19-18-10-20(15)3/h4-6,10-11,17H,7-9H2,1-3H3. The Bertz CT molecular complexity index is 583. The molecule has 1 heterocycles. The predicted octanol–water partition coefficient (Wildman–Crippen LogP) is 2.79. The van der Waals surface area contributed by atoms with E-state index in [0.29, 0.717) is 24.1 Å². The van der Waals surface area contributed by atoms with Crippen molar-refractivity contribution >= 4 is 11.6 Å². The quantitative estimate of drug-likeness (QED) is 0.854. The summed E-state index contributed by atoms with van der Waals surface area (Å²) in [6.45, 7) is 6.34. The lowest BCUT2D eigenvalue weighted by Gasteiger charge is -2.14. The molecular formula is C15H21ClN4O. The maximum absolute atomic E-state index is 6.28. The summed E-state index contributed by atoms with van der Waals surface area (Å²) >= 11 is 6.28. The molecule has 0 spiro atoms. The van der Waals surface area contributed by atoms with Gasteiger partial charge in [-0.2, -0.15) is 0 Å². The Morgan fingerprint density at radius 3 is 2.86 bits per heavy atom. The number of ether oxygens (including phenoxy) is 1. The smallest absolute Gasteiger partial charge is 0.170 e. The molecule has 2 aromatic rings. The molecule has 0 atom stereocenters. The van der Waals surface area contributed by atoms with Gasteiger partial charge in [0.05, 0.1) is 0 Å². The third kappa shape index (κ3) is 4.44. The van der Waals surface area contributed by atoms with Gasteiger partial charge in [-0.05, 0) is 24.6 Å². The second-order valence-electron chi connectivity index (χ2n) is 5.39. The number of halogens is 1. The topological polar surface area (TPSA) is 52.0 Å². The van der Waals surface area contributed by atoms with Gasteiger partial charge in [0.15, 0.2) is 5.82 Å². The highest BCUT2D eigenvalue weighted by molar-refractivity contribution is 6.31. The van der Waals surface area contributed by atoms with E-state index in [-0.39, 0.29) is 0 Å². The minimum atomic E-state index is 0.369. The molecule has 1 aromatic carbocycles. The fourth-order valence-corrected chi connectivity index (χ4v) is 2.14. The Kier molecular flexibility index (Phi) is 5.59. The van der Waals surface area contributed by atoms with Gasteiger partial charge in [-0.3, -0.25) is 0 Å². The maximum Gasteiger partial charge on any atom is 0.170 e. The molecule has 0 radical (unpaired) electrons. The van der Waals surface area contributed by atoms with Crippen LogP contribution in [0.5, 0.6) is 5.75 Å². The minimum absolute atomic E-state index is 0.369. The molecule has 0 saturated carbocycles. The number of hydrogen-bond donors (Lipinski definition) is 1. The number of rotatable bonds is 7. The van der Waals surface area contributed by atoms with Crippen molar-refractivity contribution < 1.29 is 4.74 Å². The summed E-state index contributed by atoms with van der Waals surface area (Å²) in [5.74, 6) is 2.15. The molecule has 0 aliphatic heterocycles. The van der Waals surface area contributed by atoms with Gasteiger partial charge in [0.1, 0.15) is 18.7 Å². The molecule has 0 bridgehead atoms. The molecule has 6 heteroatoms. The van der Waals surface area contributed by atoms with Gasteiger partial charge in [-0.25, -0.2) is 0 Å². The van der Waals surface area contributed by atoms with Crippen molar-refractivity contribution in [2.45, 2.75) is 27.0 Å².